The van der Waals surface area contributed by atoms with Gasteiger partial charge in [-0.05, 0) is 6.92 Å². The van der Waals surface area contributed by atoms with Crippen molar-refractivity contribution in [3.8, 4) is 5.88 Å². The number of H-pyrrole nitrogens is 1. The Kier molecular flexibility index (Phi) is 3.42. The second kappa shape index (κ2) is 5.01. The van der Waals surface area contributed by atoms with Crippen LogP contribution < -0.4 is 10.1 Å². The number of nitrogens with one attached hydrogen (secondary N) is 2. The molecule has 0 aliphatic heterocycles. The summed E-state index contributed by atoms with van der Waals surface area (Å²) >= 11 is 5.77. The zero-order chi connectivity index (χ0) is 13.1. The number of hydrogen-bond acceptors (Lipinski definition) is 5. The van der Waals surface area contributed by atoms with Crippen molar-refractivity contribution >= 4 is 23.5 Å². The Labute approximate surface area is 108 Å². The van der Waals surface area contributed by atoms with E-state index in [1.165, 1.54) is 19.4 Å². The fourth-order valence-corrected chi connectivity index (χ4v) is 1.48. The monoisotopic (exact) mass is 267 g/mol. The minimum absolute atomic E-state index is 0.0740. The van der Waals surface area contributed by atoms with Gasteiger partial charge in [0.2, 0.25) is 11.8 Å². The molecule has 2 N–H and O–H groups in total. The van der Waals surface area contributed by atoms with Gasteiger partial charge in [0.05, 0.1) is 18.9 Å². The molecule has 0 bridgehead atoms. The Hall–Kier alpha value is -2.15. The largest absolute Gasteiger partial charge is 0.481 e. The third-order valence-corrected chi connectivity index (χ3v) is 2.37. The van der Waals surface area contributed by atoms with Crippen molar-refractivity contribution in [3.05, 3.63) is 28.7 Å². The number of carbonyl (C=O) groups is 1. The highest BCUT2D eigenvalue weighted by Crippen LogP contribution is 2.16. The standard InChI is InChI=1S/C10H10ClN5O2/c1-5-6(4-12-16-5)9(17)15-10-13-7(11)3-8(14-10)18-2/h3-4H,1-2H3,(H,12,16)(H,13,14,15,17). The van der Waals surface area contributed by atoms with E-state index in [2.05, 4.69) is 25.5 Å². The lowest BCUT2D eigenvalue weighted by Crippen LogP contribution is -2.14. The molecule has 0 aliphatic rings. The van der Waals surface area contributed by atoms with Crippen LogP contribution in [0.1, 0.15) is 16.1 Å². The zero-order valence-corrected chi connectivity index (χ0v) is 10.4. The summed E-state index contributed by atoms with van der Waals surface area (Å²) in [5, 5.41) is 9.12. The lowest BCUT2D eigenvalue weighted by molar-refractivity contribution is 0.102. The fraction of sp³-hybridized carbons (Fsp3) is 0.200. The van der Waals surface area contributed by atoms with Crippen molar-refractivity contribution in [1.29, 1.82) is 0 Å². The molecule has 0 unspecified atom stereocenters. The number of hydrogen-bond donors (Lipinski definition) is 2. The van der Waals surface area contributed by atoms with Gasteiger partial charge in [0.25, 0.3) is 5.91 Å². The fourth-order valence-electron chi connectivity index (χ4n) is 1.31. The van der Waals surface area contributed by atoms with Gasteiger partial charge >= 0.3 is 0 Å². The summed E-state index contributed by atoms with van der Waals surface area (Å²) in [6.07, 6.45) is 1.42. The second-order valence-electron chi connectivity index (χ2n) is 3.42. The highest BCUT2D eigenvalue weighted by molar-refractivity contribution is 6.29. The Morgan fingerprint density at radius 1 is 1.50 bits per heavy atom. The van der Waals surface area contributed by atoms with Crippen LogP contribution in [0.5, 0.6) is 5.88 Å². The van der Waals surface area contributed by atoms with Crippen LogP contribution in [0.15, 0.2) is 12.3 Å². The molecular formula is C10H10ClN5O2. The van der Waals surface area contributed by atoms with Gasteiger partial charge in [0.1, 0.15) is 5.15 Å². The highest BCUT2D eigenvalue weighted by atomic mass is 35.5. The third-order valence-electron chi connectivity index (χ3n) is 2.18. The van der Waals surface area contributed by atoms with Gasteiger partial charge in [-0.3, -0.25) is 15.2 Å². The van der Waals surface area contributed by atoms with E-state index in [1.807, 2.05) is 0 Å². The number of amides is 1. The molecule has 2 aromatic rings. The van der Waals surface area contributed by atoms with E-state index in [1.54, 1.807) is 6.92 Å². The number of aryl methyl sites for hydroxylation is 1. The number of carbonyl (C=O) groups excluding carboxylic acids is 1. The number of anilines is 1. The molecule has 0 aromatic carbocycles. The summed E-state index contributed by atoms with van der Waals surface area (Å²) in [5.41, 5.74) is 1.07. The van der Waals surface area contributed by atoms with Crippen LogP contribution in [0.3, 0.4) is 0 Å². The Morgan fingerprint density at radius 2 is 2.28 bits per heavy atom. The first-order valence-corrected chi connectivity index (χ1v) is 5.38. The van der Waals surface area contributed by atoms with Crippen LogP contribution in [-0.2, 0) is 0 Å². The van der Waals surface area contributed by atoms with E-state index in [4.69, 9.17) is 16.3 Å². The summed E-state index contributed by atoms with van der Waals surface area (Å²) in [5.74, 6) is -0.0234. The molecule has 1 amide bonds. The first-order chi connectivity index (χ1) is 8.60. The molecule has 0 fully saturated rings. The molecule has 0 saturated heterocycles. The van der Waals surface area contributed by atoms with Gasteiger partial charge in [-0.25, -0.2) is 4.98 Å². The van der Waals surface area contributed by atoms with E-state index in [-0.39, 0.29) is 22.9 Å². The van der Waals surface area contributed by atoms with Gasteiger partial charge in [-0.1, -0.05) is 11.6 Å². The molecule has 0 atom stereocenters. The average molecular weight is 268 g/mol. The molecule has 0 radical (unpaired) electrons. The average Bonchev–Trinajstić information content (AvgIpc) is 2.74. The summed E-state index contributed by atoms with van der Waals surface area (Å²) in [6.45, 7) is 1.74. The normalized spacial score (nSPS) is 10.2. The Balaban J connectivity index is 2.22. The predicted molar refractivity (Wildman–Crippen MR) is 64.9 cm³/mol. The summed E-state index contributed by atoms with van der Waals surface area (Å²) < 4.78 is 4.93. The minimum Gasteiger partial charge on any atom is -0.481 e. The first kappa shape index (κ1) is 12.3. The second-order valence-corrected chi connectivity index (χ2v) is 3.81. The SMILES string of the molecule is COc1cc(Cl)nc(NC(=O)c2cn[nH]c2C)n1. The summed E-state index contributed by atoms with van der Waals surface area (Å²) in [7, 11) is 1.45. The molecular weight excluding hydrogens is 258 g/mol. The number of aromatic nitrogens is 4. The van der Waals surface area contributed by atoms with Crippen LogP contribution in [0.4, 0.5) is 5.95 Å². The van der Waals surface area contributed by atoms with Crippen LogP contribution in [0.2, 0.25) is 5.15 Å². The number of nitrogens with zero attached hydrogens (tertiary/aromatic N) is 3. The van der Waals surface area contributed by atoms with E-state index in [9.17, 15) is 4.79 Å². The van der Waals surface area contributed by atoms with Gasteiger partial charge in [-0.2, -0.15) is 10.1 Å². The zero-order valence-electron chi connectivity index (χ0n) is 9.69. The topological polar surface area (TPSA) is 92.8 Å². The maximum Gasteiger partial charge on any atom is 0.261 e. The first-order valence-electron chi connectivity index (χ1n) is 5.00. The van der Waals surface area contributed by atoms with Crippen molar-refractivity contribution in [2.75, 3.05) is 12.4 Å². The number of halogens is 1. The van der Waals surface area contributed by atoms with Gasteiger partial charge in [-0.15, -0.1) is 0 Å². The number of aromatic amines is 1. The molecule has 18 heavy (non-hydrogen) atoms. The van der Waals surface area contributed by atoms with Crippen LogP contribution in [0.25, 0.3) is 0 Å². The lowest BCUT2D eigenvalue weighted by Gasteiger charge is -2.05. The molecule has 7 nitrogen and oxygen atoms in total. The van der Waals surface area contributed by atoms with Gasteiger partial charge < -0.3 is 4.74 Å². The smallest absolute Gasteiger partial charge is 0.261 e. The Morgan fingerprint density at radius 3 is 2.89 bits per heavy atom. The summed E-state index contributed by atoms with van der Waals surface area (Å²) in [4.78, 5) is 19.7. The molecule has 2 rings (SSSR count). The molecule has 0 aliphatic carbocycles. The molecule has 8 heteroatoms. The highest BCUT2D eigenvalue weighted by Gasteiger charge is 2.13. The number of methoxy groups -OCH3 is 1. The van der Waals surface area contributed by atoms with Crippen molar-refractivity contribution in [2.24, 2.45) is 0 Å². The molecule has 2 aromatic heterocycles. The maximum absolute atomic E-state index is 11.9. The Bertz CT molecular complexity index is 583. The van der Waals surface area contributed by atoms with E-state index in [0.29, 0.717) is 11.3 Å². The van der Waals surface area contributed by atoms with Crippen LogP contribution in [0, 0.1) is 6.92 Å². The van der Waals surface area contributed by atoms with Crippen molar-refractivity contribution in [2.45, 2.75) is 6.92 Å². The van der Waals surface area contributed by atoms with E-state index < -0.39 is 0 Å². The van der Waals surface area contributed by atoms with E-state index >= 15 is 0 Å². The van der Waals surface area contributed by atoms with Gasteiger partial charge in [0, 0.05) is 11.8 Å². The quantitative estimate of drug-likeness (QED) is 0.821. The molecule has 2 heterocycles. The summed E-state index contributed by atoms with van der Waals surface area (Å²) in [6, 6.07) is 1.44. The van der Waals surface area contributed by atoms with Crippen LogP contribution in [-0.4, -0.2) is 33.2 Å². The van der Waals surface area contributed by atoms with E-state index in [0.717, 1.165) is 0 Å². The van der Waals surface area contributed by atoms with Crippen molar-refractivity contribution in [3.63, 3.8) is 0 Å². The molecule has 0 saturated carbocycles. The minimum atomic E-state index is -0.370. The number of ether oxygens (including phenoxy) is 1. The lowest BCUT2D eigenvalue weighted by atomic mass is 10.2. The molecule has 0 spiro atoms. The third kappa shape index (κ3) is 2.57. The predicted octanol–water partition coefficient (Wildman–Crippen LogP) is 1.42. The van der Waals surface area contributed by atoms with Crippen LogP contribution >= 0.6 is 11.6 Å². The van der Waals surface area contributed by atoms with Crippen molar-refractivity contribution < 1.29 is 9.53 Å². The van der Waals surface area contributed by atoms with Crippen molar-refractivity contribution in [1.82, 2.24) is 20.2 Å². The maximum atomic E-state index is 11.9. The number of rotatable bonds is 3. The molecule has 94 valence electrons. The van der Waals surface area contributed by atoms with Gasteiger partial charge in [0.15, 0.2) is 0 Å².